The number of carbonyl (C=O) groups is 1. The number of hydrogen-bond donors (Lipinski definition) is 1. The molecule has 1 aliphatic heterocycles. The Balaban J connectivity index is 1.35. The van der Waals surface area contributed by atoms with Crippen molar-refractivity contribution >= 4 is 28.1 Å². The number of rotatable bonds is 5. The zero-order valence-electron chi connectivity index (χ0n) is 16.3. The number of ether oxygens (including phenoxy) is 2. The molecule has 5 heteroatoms. The van der Waals surface area contributed by atoms with Gasteiger partial charge in [-0.15, -0.1) is 0 Å². The van der Waals surface area contributed by atoms with E-state index < -0.39 is 0 Å². The molecule has 0 atom stereocenters. The van der Waals surface area contributed by atoms with Gasteiger partial charge in [0.1, 0.15) is 11.5 Å². The van der Waals surface area contributed by atoms with Crippen LogP contribution < -0.4 is 10.1 Å². The normalized spacial score (nSPS) is 17.1. The van der Waals surface area contributed by atoms with Crippen molar-refractivity contribution < 1.29 is 14.3 Å². The molecule has 0 bridgehead atoms. The van der Waals surface area contributed by atoms with Crippen molar-refractivity contribution in [2.75, 3.05) is 18.5 Å². The molecule has 2 aromatic carbocycles. The van der Waals surface area contributed by atoms with E-state index in [1.54, 1.807) is 6.20 Å². The Labute approximate surface area is 169 Å². The van der Waals surface area contributed by atoms with Crippen LogP contribution in [0.25, 0.3) is 16.5 Å². The lowest BCUT2D eigenvalue weighted by Gasteiger charge is -2.12. The van der Waals surface area contributed by atoms with Crippen LogP contribution in [0.3, 0.4) is 0 Å². The first-order chi connectivity index (χ1) is 14.1. The average Bonchev–Trinajstić information content (AvgIpc) is 3.26. The number of pyridine rings is 1. The zero-order valence-corrected chi connectivity index (χ0v) is 16.3. The second-order valence-electron chi connectivity index (χ2n) is 7.93. The van der Waals surface area contributed by atoms with Gasteiger partial charge in [-0.3, -0.25) is 9.78 Å². The van der Waals surface area contributed by atoms with Crippen LogP contribution in [-0.4, -0.2) is 24.1 Å². The molecule has 0 unspecified atom stereocenters. The van der Waals surface area contributed by atoms with Gasteiger partial charge in [0.05, 0.1) is 18.7 Å². The molecule has 1 amide bonds. The molecule has 0 radical (unpaired) electrons. The molecule has 1 aromatic heterocycles. The molecule has 1 fully saturated rings. The first kappa shape index (κ1) is 17.9. The van der Waals surface area contributed by atoms with Crippen molar-refractivity contribution in [2.45, 2.75) is 19.8 Å². The number of benzene rings is 2. The molecule has 146 valence electrons. The third-order valence-corrected chi connectivity index (χ3v) is 5.67. The Hall–Kier alpha value is -3.18. The molecular formula is C24H22N2O3. The molecule has 0 saturated heterocycles. The highest BCUT2D eigenvalue weighted by Crippen LogP contribution is 2.45. The Morgan fingerprint density at radius 2 is 1.97 bits per heavy atom. The van der Waals surface area contributed by atoms with Gasteiger partial charge in [0, 0.05) is 22.7 Å². The lowest BCUT2D eigenvalue weighted by Crippen LogP contribution is -2.21. The summed E-state index contributed by atoms with van der Waals surface area (Å²) < 4.78 is 11.5. The van der Waals surface area contributed by atoms with Gasteiger partial charge in [0.15, 0.2) is 0 Å². The van der Waals surface area contributed by atoms with Crippen molar-refractivity contribution in [3.63, 3.8) is 0 Å². The summed E-state index contributed by atoms with van der Waals surface area (Å²) in [5.41, 5.74) is 3.80. The van der Waals surface area contributed by atoms with Gasteiger partial charge in [-0.25, -0.2) is 0 Å². The van der Waals surface area contributed by atoms with E-state index in [1.165, 1.54) is 5.57 Å². The summed E-state index contributed by atoms with van der Waals surface area (Å²) in [4.78, 5) is 16.7. The van der Waals surface area contributed by atoms with Crippen LogP contribution in [0.1, 0.15) is 25.3 Å². The van der Waals surface area contributed by atoms with Gasteiger partial charge >= 0.3 is 0 Å². The third-order valence-electron chi connectivity index (χ3n) is 5.67. The number of nitrogens with zero attached hydrogens (tertiary/aromatic N) is 1. The van der Waals surface area contributed by atoms with Crippen molar-refractivity contribution in [1.29, 1.82) is 0 Å². The van der Waals surface area contributed by atoms with Crippen LogP contribution in [0.4, 0.5) is 5.69 Å². The van der Waals surface area contributed by atoms with E-state index >= 15 is 0 Å². The number of aromatic nitrogens is 1. The fraction of sp³-hybridized carbons (Fsp3) is 0.250. The molecule has 2 heterocycles. The summed E-state index contributed by atoms with van der Waals surface area (Å²) in [7, 11) is 0. The van der Waals surface area contributed by atoms with Gasteiger partial charge in [0.25, 0.3) is 0 Å². The number of hydrogen-bond acceptors (Lipinski definition) is 4. The topological polar surface area (TPSA) is 60.5 Å². The summed E-state index contributed by atoms with van der Waals surface area (Å²) in [6.45, 7) is 3.30. The van der Waals surface area contributed by atoms with E-state index in [9.17, 15) is 4.79 Å². The lowest BCUT2D eigenvalue weighted by molar-refractivity contribution is -0.120. The van der Waals surface area contributed by atoms with Crippen LogP contribution in [0.2, 0.25) is 0 Å². The molecule has 1 N–H and O–H groups in total. The maximum atomic E-state index is 12.2. The Morgan fingerprint density at radius 3 is 2.69 bits per heavy atom. The van der Waals surface area contributed by atoms with Crippen LogP contribution in [0.5, 0.6) is 11.5 Å². The number of fused-ring (bicyclic) bond motifs is 1. The second kappa shape index (κ2) is 7.01. The highest BCUT2D eigenvalue weighted by Gasteiger charge is 2.44. The zero-order chi connectivity index (χ0) is 19.8. The fourth-order valence-electron chi connectivity index (χ4n) is 3.43. The minimum atomic E-state index is -0.190. The highest BCUT2D eigenvalue weighted by atomic mass is 16.5. The van der Waals surface area contributed by atoms with E-state index in [1.807, 2.05) is 43.3 Å². The van der Waals surface area contributed by atoms with Crippen molar-refractivity contribution in [3.8, 4) is 11.5 Å². The third kappa shape index (κ3) is 3.61. The van der Waals surface area contributed by atoms with Gasteiger partial charge in [-0.05, 0) is 66.4 Å². The molecule has 29 heavy (non-hydrogen) atoms. The number of amides is 1. The number of anilines is 1. The molecule has 1 saturated carbocycles. The van der Waals surface area contributed by atoms with Gasteiger partial charge in [0.2, 0.25) is 5.91 Å². The maximum absolute atomic E-state index is 12.2. The summed E-state index contributed by atoms with van der Waals surface area (Å²) in [6.07, 6.45) is 5.78. The largest absolute Gasteiger partial charge is 0.457 e. The highest BCUT2D eigenvalue weighted by molar-refractivity contribution is 5.96. The summed E-state index contributed by atoms with van der Waals surface area (Å²) in [6, 6.07) is 15.5. The molecule has 0 spiro atoms. The monoisotopic (exact) mass is 386 g/mol. The van der Waals surface area contributed by atoms with Crippen molar-refractivity contribution in [2.24, 2.45) is 5.41 Å². The van der Waals surface area contributed by atoms with Crippen LogP contribution in [0, 0.1) is 5.41 Å². The lowest BCUT2D eigenvalue weighted by atomic mass is 10.0. The minimum absolute atomic E-state index is 0.0878. The number of carbonyl (C=O) groups excluding carboxylic acids is 1. The molecule has 2 aliphatic rings. The second-order valence-corrected chi connectivity index (χ2v) is 7.93. The SMILES string of the molecule is CC1(C(=O)Nc2ccc(Oc3ccnc4cc(C5=CCOC5)ccc34)cc2)CC1. The van der Waals surface area contributed by atoms with Gasteiger partial charge in [-0.2, -0.15) is 0 Å². The molecule has 1 aliphatic carbocycles. The average molecular weight is 386 g/mol. The fourth-order valence-corrected chi connectivity index (χ4v) is 3.43. The molecule has 3 aromatic rings. The Kier molecular flexibility index (Phi) is 4.32. The Morgan fingerprint density at radius 1 is 1.14 bits per heavy atom. The van der Waals surface area contributed by atoms with Crippen LogP contribution >= 0.6 is 0 Å². The molecule has 5 rings (SSSR count). The van der Waals surface area contributed by atoms with Crippen LogP contribution in [0.15, 0.2) is 60.8 Å². The minimum Gasteiger partial charge on any atom is -0.457 e. The predicted molar refractivity (Wildman–Crippen MR) is 113 cm³/mol. The summed E-state index contributed by atoms with van der Waals surface area (Å²) in [5, 5.41) is 3.93. The van der Waals surface area contributed by atoms with E-state index in [-0.39, 0.29) is 11.3 Å². The van der Waals surface area contributed by atoms with Crippen molar-refractivity contribution in [1.82, 2.24) is 4.98 Å². The quantitative estimate of drug-likeness (QED) is 0.656. The molecular weight excluding hydrogens is 364 g/mol. The first-order valence-corrected chi connectivity index (χ1v) is 9.86. The summed E-state index contributed by atoms with van der Waals surface area (Å²) >= 11 is 0. The van der Waals surface area contributed by atoms with E-state index in [0.29, 0.717) is 19.0 Å². The van der Waals surface area contributed by atoms with Crippen molar-refractivity contribution in [3.05, 3.63) is 66.4 Å². The predicted octanol–water partition coefficient (Wildman–Crippen LogP) is 5.18. The standard InChI is InChI=1S/C24H22N2O3/c1-24(10-11-24)23(27)26-18-3-5-19(6-4-18)29-22-8-12-25-21-14-16(2-7-20(21)22)17-9-13-28-15-17/h2-9,12,14H,10-11,13,15H2,1H3,(H,26,27). The first-order valence-electron chi connectivity index (χ1n) is 9.86. The maximum Gasteiger partial charge on any atom is 0.230 e. The van der Waals surface area contributed by atoms with Gasteiger partial charge < -0.3 is 14.8 Å². The van der Waals surface area contributed by atoms with E-state index in [4.69, 9.17) is 9.47 Å². The Bertz CT molecular complexity index is 1110. The van der Waals surface area contributed by atoms with E-state index in [0.717, 1.165) is 40.7 Å². The molecule has 5 nitrogen and oxygen atoms in total. The summed E-state index contributed by atoms with van der Waals surface area (Å²) in [5.74, 6) is 1.55. The van der Waals surface area contributed by atoms with E-state index in [2.05, 4.69) is 28.5 Å². The number of nitrogens with one attached hydrogen (secondary N) is 1. The smallest absolute Gasteiger partial charge is 0.230 e. The van der Waals surface area contributed by atoms with Crippen LogP contribution in [-0.2, 0) is 9.53 Å². The van der Waals surface area contributed by atoms with Gasteiger partial charge in [-0.1, -0.05) is 19.1 Å².